The zero-order valence-corrected chi connectivity index (χ0v) is 10.1. The van der Waals surface area contributed by atoms with E-state index in [-0.39, 0.29) is 0 Å². The van der Waals surface area contributed by atoms with Crippen LogP contribution in [0.4, 0.5) is 5.69 Å². The Bertz CT molecular complexity index is 555. The molecular formula is C12H15N3O2. The Morgan fingerprint density at radius 1 is 1.18 bits per heavy atom. The molecule has 2 rings (SSSR count). The first-order valence-corrected chi connectivity index (χ1v) is 5.20. The number of ether oxygens (including phenoxy) is 2. The number of hydrogen-bond donors (Lipinski definition) is 2. The summed E-state index contributed by atoms with van der Waals surface area (Å²) >= 11 is 0. The summed E-state index contributed by atoms with van der Waals surface area (Å²) in [7, 11) is 3.22. The topological polar surface area (TPSA) is 69.4 Å². The van der Waals surface area contributed by atoms with Crippen molar-refractivity contribution in [2.75, 3.05) is 19.6 Å². The second kappa shape index (κ2) is 4.47. The largest absolute Gasteiger partial charge is 0.496 e. The number of aryl methyl sites for hydroxylation is 1. The van der Waals surface area contributed by atoms with Gasteiger partial charge < -0.3 is 14.9 Å². The van der Waals surface area contributed by atoms with E-state index in [1.54, 1.807) is 14.2 Å². The summed E-state index contributed by atoms with van der Waals surface area (Å²) in [6, 6.07) is 5.53. The van der Waals surface area contributed by atoms with Crippen LogP contribution in [0.25, 0.3) is 10.9 Å². The summed E-state index contributed by atoms with van der Waals surface area (Å²) in [5, 5.41) is 0.819. The molecule has 0 saturated carbocycles. The third kappa shape index (κ3) is 1.85. The van der Waals surface area contributed by atoms with Gasteiger partial charge >= 0.3 is 0 Å². The summed E-state index contributed by atoms with van der Waals surface area (Å²) in [5.41, 5.74) is 5.02. The lowest BCUT2D eigenvalue weighted by atomic mass is 10.1. The summed E-state index contributed by atoms with van der Waals surface area (Å²) in [5.74, 6) is 6.93. The highest BCUT2D eigenvalue weighted by molar-refractivity contribution is 5.99. The Hall–Kier alpha value is -2.01. The maximum Gasteiger partial charge on any atom is 0.145 e. The van der Waals surface area contributed by atoms with Crippen molar-refractivity contribution in [3.05, 3.63) is 23.9 Å². The molecule has 1 heterocycles. The van der Waals surface area contributed by atoms with Crippen LogP contribution in [0, 0.1) is 6.92 Å². The molecule has 0 bridgehead atoms. The van der Waals surface area contributed by atoms with Gasteiger partial charge in [-0.25, -0.2) is 4.98 Å². The van der Waals surface area contributed by atoms with Gasteiger partial charge in [-0.05, 0) is 25.1 Å². The third-order valence-corrected chi connectivity index (χ3v) is 2.61. The van der Waals surface area contributed by atoms with E-state index in [4.69, 9.17) is 15.3 Å². The molecule has 2 aromatic rings. The molecule has 0 unspecified atom stereocenters. The van der Waals surface area contributed by atoms with E-state index in [9.17, 15) is 0 Å². The van der Waals surface area contributed by atoms with Crippen molar-refractivity contribution in [3.8, 4) is 11.5 Å². The van der Waals surface area contributed by atoms with Gasteiger partial charge in [0.05, 0.1) is 25.3 Å². The molecule has 0 spiro atoms. The lowest BCUT2D eigenvalue weighted by Gasteiger charge is -2.13. The molecule has 17 heavy (non-hydrogen) atoms. The normalized spacial score (nSPS) is 10.4. The molecular weight excluding hydrogens is 218 g/mol. The van der Waals surface area contributed by atoms with Crippen molar-refractivity contribution >= 4 is 16.6 Å². The fraction of sp³-hybridized carbons (Fsp3) is 0.250. The van der Waals surface area contributed by atoms with E-state index in [1.165, 1.54) is 0 Å². The summed E-state index contributed by atoms with van der Waals surface area (Å²) in [6.45, 7) is 1.90. The Morgan fingerprint density at radius 2 is 1.82 bits per heavy atom. The number of pyridine rings is 1. The Balaban J connectivity index is 2.89. The van der Waals surface area contributed by atoms with Crippen molar-refractivity contribution < 1.29 is 9.47 Å². The van der Waals surface area contributed by atoms with Crippen LogP contribution in [0.15, 0.2) is 18.2 Å². The van der Waals surface area contributed by atoms with E-state index in [0.717, 1.165) is 22.3 Å². The van der Waals surface area contributed by atoms with Crippen LogP contribution in [-0.2, 0) is 0 Å². The number of nitrogens with zero attached hydrogens (tertiary/aromatic N) is 1. The fourth-order valence-corrected chi connectivity index (χ4v) is 1.86. The van der Waals surface area contributed by atoms with Crippen LogP contribution in [0.5, 0.6) is 11.5 Å². The van der Waals surface area contributed by atoms with Crippen LogP contribution in [-0.4, -0.2) is 19.2 Å². The zero-order chi connectivity index (χ0) is 12.4. The van der Waals surface area contributed by atoms with Crippen LogP contribution in [0.3, 0.4) is 0 Å². The quantitative estimate of drug-likeness (QED) is 0.625. The first kappa shape index (κ1) is 11.5. The van der Waals surface area contributed by atoms with Gasteiger partial charge in [0.25, 0.3) is 0 Å². The monoisotopic (exact) mass is 233 g/mol. The molecule has 0 aliphatic heterocycles. The SMILES string of the molecule is COc1ccc(OC)c2c(NN)cc(C)nc12. The molecule has 0 aliphatic carbocycles. The number of aromatic nitrogens is 1. The molecule has 5 heteroatoms. The Kier molecular flexibility index (Phi) is 3.01. The Labute approximate surface area is 99.5 Å². The molecule has 5 nitrogen and oxygen atoms in total. The van der Waals surface area contributed by atoms with Gasteiger partial charge in [-0.2, -0.15) is 0 Å². The molecule has 1 aromatic heterocycles. The number of rotatable bonds is 3. The number of anilines is 1. The third-order valence-electron chi connectivity index (χ3n) is 2.61. The maximum absolute atomic E-state index is 5.53. The number of fused-ring (bicyclic) bond motifs is 1. The van der Waals surface area contributed by atoms with Crippen molar-refractivity contribution in [3.63, 3.8) is 0 Å². The van der Waals surface area contributed by atoms with Gasteiger partial charge in [0.15, 0.2) is 0 Å². The zero-order valence-electron chi connectivity index (χ0n) is 10.1. The van der Waals surface area contributed by atoms with Crippen LogP contribution >= 0.6 is 0 Å². The predicted octanol–water partition coefficient (Wildman–Crippen LogP) is 1.85. The highest BCUT2D eigenvalue weighted by Gasteiger charge is 2.13. The molecule has 0 radical (unpaired) electrons. The average Bonchev–Trinajstić information content (AvgIpc) is 2.36. The number of methoxy groups -OCH3 is 2. The van der Waals surface area contributed by atoms with Crippen molar-refractivity contribution in [2.24, 2.45) is 5.84 Å². The molecule has 1 aromatic carbocycles. The number of benzene rings is 1. The van der Waals surface area contributed by atoms with Gasteiger partial charge in [-0.3, -0.25) is 5.84 Å². The molecule has 0 amide bonds. The number of hydrazine groups is 1. The standard InChI is InChI=1S/C12H15N3O2/c1-7-6-8(15-13)11-9(16-2)4-5-10(17-3)12(11)14-7/h4-6H,13H2,1-3H3,(H,14,15). The molecule has 90 valence electrons. The van der Waals surface area contributed by atoms with Gasteiger partial charge in [-0.15, -0.1) is 0 Å². The number of nitrogens with one attached hydrogen (secondary N) is 1. The molecule has 0 atom stereocenters. The minimum absolute atomic E-state index is 0.695. The van der Waals surface area contributed by atoms with Crippen molar-refractivity contribution in [1.82, 2.24) is 4.98 Å². The molecule has 0 saturated heterocycles. The highest BCUT2D eigenvalue weighted by Crippen LogP contribution is 2.36. The predicted molar refractivity (Wildman–Crippen MR) is 67.4 cm³/mol. The fourth-order valence-electron chi connectivity index (χ4n) is 1.86. The minimum Gasteiger partial charge on any atom is -0.496 e. The first-order valence-electron chi connectivity index (χ1n) is 5.20. The second-order valence-corrected chi connectivity index (χ2v) is 3.65. The lowest BCUT2D eigenvalue weighted by Crippen LogP contribution is -2.08. The van der Waals surface area contributed by atoms with Crippen molar-refractivity contribution in [2.45, 2.75) is 6.92 Å². The average molecular weight is 233 g/mol. The molecule has 0 aliphatic rings. The van der Waals surface area contributed by atoms with Crippen LogP contribution < -0.4 is 20.7 Å². The van der Waals surface area contributed by atoms with E-state index < -0.39 is 0 Å². The van der Waals surface area contributed by atoms with Gasteiger partial charge in [0.1, 0.15) is 17.0 Å². The van der Waals surface area contributed by atoms with E-state index in [1.807, 2.05) is 25.1 Å². The van der Waals surface area contributed by atoms with Crippen molar-refractivity contribution in [1.29, 1.82) is 0 Å². The number of nitrogens with two attached hydrogens (primary N) is 1. The highest BCUT2D eigenvalue weighted by atomic mass is 16.5. The van der Waals surface area contributed by atoms with E-state index >= 15 is 0 Å². The van der Waals surface area contributed by atoms with Crippen LogP contribution in [0.2, 0.25) is 0 Å². The first-order chi connectivity index (χ1) is 8.21. The molecule has 3 N–H and O–H groups in total. The van der Waals surface area contributed by atoms with Crippen LogP contribution in [0.1, 0.15) is 5.69 Å². The maximum atomic E-state index is 5.53. The number of nitrogen functional groups attached to an aromatic ring is 1. The molecule has 0 fully saturated rings. The van der Waals surface area contributed by atoms with Gasteiger partial charge in [-0.1, -0.05) is 0 Å². The summed E-state index contributed by atoms with van der Waals surface area (Å²) in [6.07, 6.45) is 0. The second-order valence-electron chi connectivity index (χ2n) is 3.65. The summed E-state index contributed by atoms with van der Waals surface area (Å²) in [4.78, 5) is 4.46. The van der Waals surface area contributed by atoms with Gasteiger partial charge in [0, 0.05) is 5.69 Å². The minimum atomic E-state index is 0.695. The Morgan fingerprint density at radius 3 is 2.41 bits per heavy atom. The lowest BCUT2D eigenvalue weighted by molar-refractivity contribution is 0.410. The van der Waals surface area contributed by atoms with Gasteiger partial charge in [0.2, 0.25) is 0 Å². The smallest absolute Gasteiger partial charge is 0.145 e. The summed E-state index contributed by atoms with van der Waals surface area (Å²) < 4.78 is 10.6. The van der Waals surface area contributed by atoms with E-state index in [2.05, 4.69) is 10.4 Å². The number of hydrogen-bond acceptors (Lipinski definition) is 5. The van der Waals surface area contributed by atoms with E-state index in [0.29, 0.717) is 11.5 Å².